The molecule has 1 aromatic heterocycles. The Morgan fingerprint density at radius 1 is 1.45 bits per heavy atom. The Kier molecular flexibility index (Phi) is 5.98. The lowest BCUT2D eigenvalue weighted by Gasteiger charge is -2.32. The number of hydrogen-bond donors (Lipinski definition) is 1. The molecule has 22 heavy (non-hydrogen) atoms. The Balaban J connectivity index is 1.89. The van der Waals surface area contributed by atoms with E-state index in [0.29, 0.717) is 18.3 Å². The van der Waals surface area contributed by atoms with Crippen molar-refractivity contribution in [2.24, 2.45) is 11.8 Å². The lowest BCUT2D eigenvalue weighted by molar-refractivity contribution is -0.125. The third-order valence-electron chi connectivity index (χ3n) is 3.97. The normalized spacial score (nSPS) is 18.4. The summed E-state index contributed by atoms with van der Waals surface area (Å²) in [6.07, 6.45) is 2.95. The van der Waals surface area contributed by atoms with Gasteiger partial charge in [0.2, 0.25) is 11.8 Å². The van der Waals surface area contributed by atoms with E-state index in [9.17, 15) is 4.79 Å². The van der Waals surface area contributed by atoms with Crippen LogP contribution in [0.1, 0.15) is 33.1 Å². The first-order valence-electron chi connectivity index (χ1n) is 8.00. The van der Waals surface area contributed by atoms with Gasteiger partial charge < -0.3 is 15.0 Å². The van der Waals surface area contributed by atoms with Gasteiger partial charge in [0, 0.05) is 25.7 Å². The topological polar surface area (TPSA) is 67.3 Å². The highest BCUT2D eigenvalue weighted by atomic mass is 16.5. The van der Waals surface area contributed by atoms with E-state index in [1.54, 1.807) is 13.2 Å². The average Bonchev–Trinajstić information content (AvgIpc) is 2.54. The second-order valence-corrected chi connectivity index (χ2v) is 6.19. The van der Waals surface area contributed by atoms with Crippen molar-refractivity contribution in [1.29, 1.82) is 0 Å². The van der Waals surface area contributed by atoms with Crippen LogP contribution in [0, 0.1) is 11.8 Å². The number of anilines is 1. The summed E-state index contributed by atoms with van der Waals surface area (Å²) >= 11 is 0. The number of nitrogens with zero attached hydrogens (tertiary/aromatic N) is 3. The van der Waals surface area contributed by atoms with Crippen molar-refractivity contribution in [2.45, 2.75) is 33.1 Å². The first-order valence-corrected chi connectivity index (χ1v) is 8.00. The first kappa shape index (κ1) is 16.5. The van der Waals surface area contributed by atoms with Gasteiger partial charge in [-0.05, 0) is 31.2 Å². The van der Waals surface area contributed by atoms with Crippen LogP contribution in [0.4, 0.5) is 5.82 Å². The summed E-state index contributed by atoms with van der Waals surface area (Å²) < 4.78 is 5.02. The number of amides is 1. The minimum absolute atomic E-state index is 0.0322. The highest BCUT2D eigenvalue weighted by molar-refractivity contribution is 5.79. The predicted octanol–water partition coefficient (Wildman–Crippen LogP) is 1.86. The summed E-state index contributed by atoms with van der Waals surface area (Å²) in [5, 5.41) is 11.2. The zero-order chi connectivity index (χ0) is 15.9. The Bertz CT molecular complexity index is 476. The summed E-state index contributed by atoms with van der Waals surface area (Å²) in [5.41, 5.74) is 0. The first-order chi connectivity index (χ1) is 10.6. The molecule has 0 aromatic carbocycles. The highest BCUT2D eigenvalue weighted by Gasteiger charge is 2.26. The fourth-order valence-corrected chi connectivity index (χ4v) is 2.62. The molecule has 1 fully saturated rings. The van der Waals surface area contributed by atoms with E-state index in [-0.39, 0.29) is 11.8 Å². The van der Waals surface area contributed by atoms with E-state index in [0.717, 1.165) is 38.2 Å². The molecule has 0 saturated carbocycles. The molecule has 2 rings (SSSR count). The van der Waals surface area contributed by atoms with E-state index in [1.165, 1.54) is 0 Å². The van der Waals surface area contributed by atoms with E-state index >= 15 is 0 Å². The Hall–Kier alpha value is -1.85. The summed E-state index contributed by atoms with van der Waals surface area (Å²) in [6.45, 7) is 6.70. The number of nitrogens with one attached hydrogen (secondary N) is 1. The van der Waals surface area contributed by atoms with Crippen LogP contribution in [0.15, 0.2) is 12.1 Å². The second-order valence-electron chi connectivity index (χ2n) is 6.19. The fraction of sp³-hybridized carbons (Fsp3) is 0.688. The SMILES string of the molecule is COc1ccc(N2CCC[C@H](C(=O)NCCC(C)C)C2)nn1. The number of rotatable bonds is 6. The molecule has 1 saturated heterocycles. The molecular formula is C16H26N4O2. The van der Waals surface area contributed by atoms with Crippen LogP contribution in [0.25, 0.3) is 0 Å². The minimum atomic E-state index is 0.0322. The smallest absolute Gasteiger partial charge is 0.233 e. The number of hydrogen-bond acceptors (Lipinski definition) is 5. The molecule has 0 unspecified atom stereocenters. The average molecular weight is 306 g/mol. The van der Waals surface area contributed by atoms with Gasteiger partial charge in [0.05, 0.1) is 13.0 Å². The van der Waals surface area contributed by atoms with E-state index < -0.39 is 0 Å². The quantitative estimate of drug-likeness (QED) is 0.869. The van der Waals surface area contributed by atoms with Gasteiger partial charge in [0.15, 0.2) is 5.82 Å². The van der Waals surface area contributed by atoms with Gasteiger partial charge in [0.1, 0.15) is 0 Å². The molecule has 0 bridgehead atoms. The van der Waals surface area contributed by atoms with Gasteiger partial charge in [-0.1, -0.05) is 13.8 Å². The molecule has 0 aliphatic carbocycles. The fourth-order valence-electron chi connectivity index (χ4n) is 2.62. The van der Waals surface area contributed by atoms with Gasteiger partial charge in [-0.2, -0.15) is 0 Å². The molecule has 1 aromatic rings. The zero-order valence-corrected chi connectivity index (χ0v) is 13.7. The lowest BCUT2D eigenvalue weighted by atomic mass is 9.97. The zero-order valence-electron chi connectivity index (χ0n) is 13.7. The van der Waals surface area contributed by atoms with Gasteiger partial charge >= 0.3 is 0 Å². The maximum Gasteiger partial charge on any atom is 0.233 e. The summed E-state index contributed by atoms with van der Waals surface area (Å²) in [4.78, 5) is 14.4. The third kappa shape index (κ3) is 4.58. The van der Waals surface area contributed by atoms with Crippen molar-refractivity contribution in [3.8, 4) is 5.88 Å². The van der Waals surface area contributed by atoms with Crippen molar-refractivity contribution < 1.29 is 9.53 Å². The molecule has 1 aliphatic rings. The van der Waals surface area contributed by atoms with E-state index in [1.807, 2.05) is 6.07 Å². The predicted molar refractivity (Wildman–Crippen MR) is 86.0 cm³/mol. The van der Waals surface area contributed by atoms with E-state index in [4.69, 9.17) is 4.74 Å². The molecule has 0 spiro atoms. The van der Waals surface area contributed by atoms with Gasteiger partial charge in [0.25, 0.3) is 0 Å². The summed E-state index contributed by atoms with van der Waals surface area (Å²) in [5.74, 6) is 2.11. The second kappa shape index (κ2) is 7.96. The Morgan fingerprint density at radius 3 is 2.91 bits per heavy atom. The molecule has 1 amide bonds. The van der Waals surface area contributed by atoms with Crippen LogP contribution >= 0.6 is 0 Å². The molecule has 122 valence electrons. The van der Waals surface area contributed by atoms with Crippen molar-refractivity contribution in [1.82, 2.24) is 15.5 Å². The lowest BCUT2D eigenvalue weighted by Crippen LogP contribution is -2.43. The highest BCUT2D eigenvalue weighted by Crippen LogP contribution is 2.22. The standard InChI is InChI=1S/C16H26N4O2/c1-12(2)8-9-17-16(21)13-5-4-10-20(11-13)14-6-7-15(22-3)19-18-14/h6-7,12-13H,4-5,8-11H2,1-3H3,(H,17,21)/t13-/m0/s1. The number of methoxy groups -OCH3 is 1. The Labute approximate surface area is 132 Å². The van der Waals surface area contributed by atoms with Crippen LogP contribution in [-0.2, 0) is 4.79 Å². The molecular weight excluding hydrogens is 280 g/mol. The van der Waals surface area contributed by atoms with Crippen molar-refractivity contribution in [2.75, 3.05) is 31.6 Å². The van der Waals surface area contributed by atoms with Crippen LogP contribution in [-0.4, -0.2) is 42.8 Å². The van der Waals surface area contributed by atoms with Crippen molar-refractivity contribution in [3.63, 3.8) is 0 Å². The summed E-state index contributed by atoms with van der Waals surface area (Å²) in [6, 6.07) is 3.69. The molecule has 1 aliphatic heterocycles. The van der Waals surface area contributed by atoms with Gasteiger partial charge in [-0.3, -0.25) is 4.79 Å². The van der Waals surface area contributed by atoms with Crippen molar-refractivity contribution >= 4 is 11.7 Å². The van der Waals surface area contributed by atoms with Crippen molar-refractivity contribution in [3.05, 3.63) is 12.1 Å². The number of piperidine rings is 1. The van der Waals surface area contributed by atoms with Crippen LogP contribution in [0.3, 0.4) is 0 Å². The van der Waals surface area contributed by atoms with Crippen LogP contribution in [0.5, 0.6) is 5.88 Å². The number of carbonyl (C=O) groups excluding carboxylic acids is 1. The molecule has 2 heterocycles. The number of ether oxygens (including phenoxy) is 1. The third-order valence-corrected chi connectivity index (χ3v) is 3.97. The molecule has 6 heteroatoms. The maximum atomic E-state index is 12.3. The summed E-state index contributed by atoms with van der Waals surface area (Å²) in [7, 11) is 1.57. The van der Waals surface area contributed by atoms with Crippen LogP contribution in [0.2, 0.25) is 0 Å². The molecule has 6 nitrogen and oxygen atoms in total. The minimum Gasteiger partial charge on any atom is -0.480 e. The number of aromatic nitrogens is 2. The largest absolute Gasteiger partial charge is 0.480 e. The monoisotopic (exact) mass is 306 g/mol. The molecule has 0 radical (unpaired) electrons. The molecule has 1 N–H and O–H groups in total. The van der Waals surface area contributed by atoms with E-state index in [2.05, 4.69) is 34.3 Å². The van der Waals surface area contributed by atoms with Gasteiger partial charge in [-0.15, -0.1) is 10.2 Å². The number of carbonyl (C=O) groups is 1. The van der Waals surface area contributed by atoms with Gasteiger partial charge in [-0.25, -0.2) is 0 Å². The van der Waals surface area contributed by atoms with Crippen LogP contribution < -0.4 is 15.0 Å². The molecule has 1 atom stereocenters. The Morgan fingerprint density at radius 2 is 2.27 bits per heavy atom. The maximum absolute atomic E-state index is 12.3.